The van der Waals surface area contributed by atoms with E-state index in [1.807, 2.05) is 11.8 Å². The molecular weight excluding hydrogens is 210 g/mol. The molecule has 2 fully saturated rings. The molecule has 0 aromatic rings. The highest BCUT2D eigenvalue weighted by Gasteiger charge is 2.41. The molecule has 88 valence electrons. The van der Waals surface area contributed by atoms with E-state index < -0.39 is 0 Å². The third kappa shape index (κ3) is 2.67. The van der Waals surface area contributed by atoms with Crippen molar-refractivity contribution in [2.75, 3.05) is 24.7 Å². The monoisotopic (exact) mass is 231 g/mol. The summed E-state index contributed by atoms with van der Waals surface area (Å²) in [6.45, 7) is 1.40. The lowest BCUT2D eigenvalue weighted by Gasteiger charge is -2.39. The highest BCUT2D eigenvalue weighted by molar-refractivity contribution is 7.99. The summed E-state index contributed by atoms with van der Waals surface area (Å²) in [6, 6.07) is 0. The smallest absolute Gasteiger partial charge is 0.0783 e. The predicted octanol–water partition coefficient (Wildman–Crippen LogP) is 0.998. The molecule has 3 N–H and O–H groups in total. The fourth-order valence-electron chi connectivity index (χ4n) is 2.66. The number of nitrogens with two attached hydrogens (primary N) is 1. The summed E-state index contributed by atoms with van der Waals surface area (Å²) >= 11 is 1.98. The van der Waals surface area contributed by atoms with Gasteiger partial charge in [0.05, 0.1) is 11.7 Å². The molecule has 3 unspecified atom stereocenters. The number of rotatable bonds is 3. The Balaban J connectivity index is 1.91. The second-order valence-electron chi connectivity index (χ2n) is 4.73. The zero-order chi connectivity index (χ0) is 10.7. The molecule has 2 heterocycles. The maximum absolute atomic E-state index is 9.98. The second kappa shape index (κ2) is 5.04. The third-order valence-electron chi connectivity index (χ3n) is 3.60. The van der Waals surface area contributed by atoms with Crippen LogP contribution in [0.25, 0.3) is 0 Å². The Morgan fingerprint density at radius 3 is 3.13 bits per heavy atom. The van der Waals surface area contributed by atoms with Gasteiger partial charge in [-0.15, -0.1) is 0 Å². The van der Waals surface area contributed by atoms with E-state index in [1.165, 1.54) is 5.75 Å². The van der Waals surface area contributed by atoms with Crippen LogP contribution < -0.4 is 5.73 Å². The van der Waals surface area contributed by atoms with Crippen molar-refractivity contribution < 1.29 is 9.84 Å². The topological polar surface area (TPSA) is 55.5 Å². The first-order chi connectivity index (χ1) is 7.26. The van der Waals surface area contributed by atoms with E-state index in [1.54, 1.807) is 0 Å². The van der Waals surface area contributed by atoms with Crippen LogP contribution in [0.3, 0.4) is 0 Å². The van der Waals surface area contributed by atoms with E-state index >= 15 is 0 Å². The molecule has 2 aliphatic heterocycles. The lowest BCUT2D eigenvalue weighted by atomic mass is 9.81. The fraction of sp³-hybridized carbons (Fsp3) is 1.00. The van der Waals surface area contributed by atoms with Crippen LogP contribution in [0.1, 0.15) is 25.7 Å². The average molecular weight is 231 g/mol. The van der Waals surface area contributed by atoms with Gasteiger partial charge in [0.15, 0.2) is 0 Å². The van der Waals surface area contributed by atoms with Crippen LogP contribution >= 0.6 is 11.8 Å². The Kier molecular flexibility index (Phi) is 3.93. The highest BCUT2D eigenvalue weighted by Crippen LogP contribution is 2.41. The van der Waals surface area contributed by atoms with E-state index in [0.29, 0.717) is 12.5 Å². The van der Waals surface area contributed by atoms with Crippen molar-refractivity contribution in [2.45, 2.75) is 37.4 Å². The van der Waals surface area contributed by atoms with Gasteiger partial charge in [0.2, 0.25) is 0 Å². The number of aliphatic hydroxyl groups is 1. The minimum Gasteiger partial charge on any atom is -0.393 e. The first-order valence-electron chi connectivity index (χ1n) is 5.86. The van der Waals surface area contributed by atoms with Gasteiger partial charge in [-0.05, 0) is 43.9 Å². The first kappa shape index (κ1) is 11.7. The Hall–Kier alpha value is 0.230. The zero-order valence-corrected chi connectivity index (χ0v) is 9.97. The van der Waals surface area contributed by atoms with Crippen LogP contribution in [-0.2, 0) is 4.74 Å². The van der Waals surface area contributed by atoms with Crippen molar-refractivity contribution in [3.05, 3.63) is 0 Å². The molecule has 2 aliphatic rings. The van der Waals surface area contributed by atoms with Gasteiger partial charge in [-0.2, -0.15) is 11.8 Å². The van der Waals surface area contributed by atoms with Gasteiger partial charge in [-0.25, -0.2) is 0 Å². The molecule has 15 heavy (non-hydrogen) atoms. The summed E-state index contributed by atoms with van der Waals surface area (Å²) in [5, 5.41) is 9.98. The second-order valence-corrected chi connectivity index (χ2v) is 5.84. The summed E-state index contributed by atoms with van der Waals surface area (Å²) in [5.41, 5.74) is 5.57. The lowest BCUT2D eigenvalue weighted by molar-refractivity contribution is -0.101. The Bertz CT molecular complexity index is 207. The van der Waals surface area contributed by atoms with Crippen LogP contribution in [0.4, 0.5) is 0 Å². The minimum absolute atomic E-state index is 0.0865. The number of thioether (sulfide) groups is 1. The molecule has 0 saturated carbocycles. The molecule has 1 spiro atoms. The van der Waals surface area contributed by atoms with Gasteiger partial charge in [0.25, 0.3) is 0 Å². The third-order valence-corrected chi connectivity index (χ3v) is 4.83. The van der Waals surface area contributed by atoms with Gasteiger partial charge in [0.1, 0.15) is 0 Å². The van der Waals surface area contributed by atoms with Crippen molar-refractivity contribution >= 4 is 11.8 Å². The molecule has 0 aliphatic carbocycles. The molecule has 3 atom stereocenters. The normalized spacial score (nSPS) is 38.4. The van der Waals surface area contributed by atoms with Gasteiger partial charge >= 0.3 is 0 Å². The van der Waals surface area contributed by atoms with E-state index in [-0.39, 0.29) is 11.7 Å². The Morgan fingerprint density at radius 1 is 1.60 bits per heavy atom. The molecule has 0 bridgehead atoms. The molecule has 2 rings (SSSR count). The summed E-state index contributed by atoms with van der Waals surface area (Å²) in [5.74, 6) is 2.72. The molecule has 4 heteroatoms. The summed E-state index contributed by atoms with van der Waals surface area (Å²) in [6.07, 6.45) is 3.69. The largest absolute Gasteiger partial charge is 0.393 e. The van der Waals surface area contributed by atoms with E-state index in [4.69, 9.17) is 10.5 Å². The zero-order valence-electron chi connectivity index (χ0n) is 9.15. The van der Waals surface area contributed by atoms with Crippen LogP contribution in [0.5, 0.6) is 0 Å². The highest BCUT2D eigenvalue weighted by atomic mass is 32.2. The summed E-state index contributed by atoms with van der Waals surface area (Å²) < 4.78 is 5.92. The molecular formula is C11H21NO2S. The Morgan fingerprint density at radius 2 is 2.47 bits per heavy atom. The lowest BCUT2D eigenvalue weighted by Crippen LogP contribution is -2.43. The molecule has 0 amide bonds. The van der Waals surface area contributed by atoms with E-state index in [9.17, 15) is 5.11 Å². The average Bonchev–Trinajstić information content (AvgIpc) is 2.67. The standard InChI is InChI=1S/C11H21NO2S/c12-4-1-10(13)9-2-5-14-11(7-9)3-6-15-8-11/h9-10,13H,1-8,12H2. The van der Waals surface area contributed by atoms with Crippen molar-refractivity contribution in [2.24, 2.45) is 11.7 Å². The number of hydrogen-bond acceptors (Lipinski definition) is 4. The maximum Gasteiger partial charge on any atom is 0.0783 e. The molecule has 3 nitrogen and oxygen atoms in total. The molecule has 0 aromatic heterocycles. The van der Waals surface area contributed by atoms with Crippen molar-refractivity contribution in [3.8, 4) is 0 Å². The van der Waals surface area contributed by atoms with Gasteiger partial charge < -0.3 is 15.6 Å². The quantitative estimate of drug-likeness (QED) is 0.761. The predicted molar refractivity (Wildman–Crippen MR) is 63.0 cm³/mol. The molecule has 0 radical (unpaired) electrons. The van der Waals surface area contributed by atoms with E-state index in [2.05, 4.69) is 0 Å². The number of ether oxygens (including phenoxy) is 1. The van der Waals surface area contributed by atoms with Gasteiger partial charge in [0, 0.05) is 12.4 Å². The number of aliphatic hydroxyl groups excluding tert-OH is 1. The summed E-state index contributed by atoms with van der Waals surface area (Å²) in [7, 11) is 0. The van der Waals surface area contributed by atoms with Crippen LogP contribution in [0.2, 0.25) is 0 Å². The SMILES string of the molecule is NCCC(O)C1CCOC2(CCSC2)C1. The van der Waals surface area contributed by atoms with E-state index in [0.717, 1.165) is 38.0 Å². The minimum atomic E-state index is -0.221. The first-order valence-corrected chi connectivity index (χ1v) is 7.01. The van der Waals surface area contributed by atoms with Crippen molar-refractivity contribution in [1.29, 1.82) is 0 Å². The fourth-order valence-corrected chi connectivity index (χ4v) is 4.04. The Labute approximate surface area is 95.7 Å². The van der Waals surface area contributed by atoms with Crippen LogP contribution in [0, 0.1) is 5.92 Å². The maximum atomic E-state index is 9.98. The summed E-state index contributed by atoms with van der Waals surface area (Å²) in [4.78, 5) is 0. The van der Waals surface area contributed by atoms with Crippen LogP contribution in [0.15, 0.2) is 0 Å². The number of hydrogen-bond donors (Lipinski definition) is 2. The van der Waals surface area contributed by atoms with Crippen molar-refractivity contribution in [3.63, 3.8) is 0 Å². The van der Waals surface area contributed by atoms with Gasteiger partial charge in [-0.3, -0.25) is 0 Å². The van der Waals surface area contributed by atoms with Crippen LogP contribution in [-0.4, -0.2) is 41.5 Å². The van der Waals surface area contributed by atoms with Crippen molar-refractivity contribution in [1.82, 2.24) is 0 Å². The molecule has 0 aromatic carbocycles. The molecule has 2 saturated heterocycles. The van der Waals surface area contributed by atoms with Gasteiger partial charge in [-0.1, -0.05) is 0 Å².